The highest BCUT2D eigenvalue weighted by atomic mass is 16.5. The second-order valence-electron chi connectivity index (χ2n) is 6.40. The van der Waals surface area contributed by atoms with Crippen LogP contribution in [0.2, 0.25) is 0 Å². The smallest absolute Gasteiger partial charge is 0.195 e. The van der Waals surface area contributed by atoms with Crippen LogP contribution in [-0.4, -0.2) is 51.2 Å². The van der Waals surface area contributed by atoms with Crippen LogP contribution in [0.5, 0.6) is 0 Å². The Kier molecular flexibility index (Phi) is 4.64. The number of aromatic amines is 1. The number of nitrogens with one attached hydrogen (secondary N) is 2. The van der Waals surface area contributed by atoms with Crippen molar-refractivity contribution in [3.8, 4) is 0 Å². The average Bonchev–Trinajstić information content (AvgIpc) is 3.14. The van der Waals surface area contributed by atoms with Crippen molar-refractivity contribution < 1.29 is 14.6 Å². The van der Waals surface area contributed by atoms with Crippen LogP contribution in [0, 0.1) is 0 Å². The fraction of sp³-hybridized carbons (Fsp3) is 0.316. The van der Waals surface area contributed by atoms with Gasteiger partial charge in [0.05, 0.1) is 36.3 Å². The quantitative estimate of drug-likeness (QED) is 0.608. The fourth-order valence-electron chi connectivity index (χ4n) is 3.25. The third kappa shape index (κ3) is 3.18. The zero-order valence-electron chi connectivity index (χ0n) is 14.2. The van der Waals surface area contributed by atoms with Crippen LogP contribution in [0.25, 0.3) is 11.0 Å². The van der Waals surface area contributed by atoms with E-state index in [0.29, 0.717) is 34.6 Å². The van der Waals surface area contributed by atoms with Gasteiger partial charge in [-0.25, -0.2) is 9.97 Å². The van der Waals surface area contributed by atoms with Crippen LogP contribution in [0.3, 0.4) is 0 Å². The predicted octanol–water partition coefficient (Wildman–Crippen LogP) is 2.14. The van der Waals surface area contributed by atoms with E-state index >= 15 is 0 Å². The van der Waals surface area contributed by atoms with Crippen molar-refractivity contribution in [1.29, 1.82) is 0 Å². The highest BCUT2D eigenvalue weighted by molar-refractivity contribution is 6.17. The van der Waals surface area contributed by atoms with Gasteiger partial charge in [-0.2, -0.15) is 0 Å². The number of aliphatic hydroxyl groups excluding tert-OH is 1. The van der Waals surface area contributed by atoms with Crippen molar-refractivity contribution in [2.75, 3.05) is 18.5 Å². The van der Waals surface area contributed by atoms with Gasteiger partial charge >= 0.3 is 0 Å². The number of hydrogen-bond acceptors (Lipinski definition) is 6. The first-order valence-electron chi connectivity index (χ1n) is 8.67. The molecule has 1 saturated heterocycles. The first-order valence-corrected chi connectivity index (χ1v) is 8.67. The minimum atomic E-state index is -0.0963. The van der Waals surface area contributed by atoms with Crippen molar-refractivity contribution in [2.24, 2.45) is 0 Å². The monoisotopic (exact) mass is 352 g/mol. The van der Waals surface area contributed by atoms with Crippen LogP contribution in [0.1, 0.15) is 28.8 Å². The minimum absolute atomic E-state index is 0.0397. The number of hydrogen-bond donors (Lipinski definition) is 3. The van der Waals surface area contributed by atoms with Gasteiger partial charge in [0.15, 0.2) is 5.78 Å². The standard InChI is InChI=1S/C19H20N4O3/c24-9-14-7-6-13(10-26-14)23-19-16-15(8-20-18(16)21-11-22-19)17(25)12-4-2-1-3-5-12/h1-5,8,11,13-14,24H,6-7,9-10H2,(H2,20,21,22,23)/t13-,14+/m1/s1. The van der Waals surface area contributed by atoms with Crippen molar-refractivity contribution in [3.63, 3.8) is 0 Å². The van der Waals surface area contributed by atoms with Gasteiger partial charge in [0, 0.05) is 11.8 Å². The van der Waals surface area contributed by atoms with E-state index in [-0.39, 0.29) is 24.5 Å². The predicted molar refractivity (Wildman–Crippen MR) is 97.2 cm³/mol. The van der Waals surface area contributed by atoms with E-state index in [1.807, 2.05) is 18.2 Å². The molecular weight excluding hydrogens is 332 g/mol. The van der Waals surface area contributed by atoms with Gasteiger partial charge in [-0.05, 0) is 12.8 Å². The van der Waals surface area contributed by atoms with Crippen LogP contribution in [-0.2, 0) is 4.74 Å². The minimum Gasteiger partial charge on any atom is -0.394 e. The number of H-pyrrole nitrogens is 1. The van der Waals surface area contributed by atoms with Crippen LogP contribution in [0.4, 0.5) is 5.82 Å². The Bertz CT molecular complexity index is 902. The van der Waals surface area contributed by atoms with E-state index in [2.05, 4.69) is 20.3 Å². The van der Waals surface area contributed by atoms with Crippen LogP contribution >= 0.6 is 0 Å². The number of rotatable bonds is 5. The van der Waals surface area contributed by atoms with Gasteiger partial charge in [0.25, 0.3) is 0 Å². The molecule has 1 aromatic carbocycles. The number of aromatic nitrogens is 3. The number of ketones is 1. The maximum atomic E-state index is 12.9. The van der Waals surface area contributed by atoms with E-state index in [0.717, 1.165) is 12.8 Å². The number of aliphatic hydroxyl groups is 1. The van der Waals surface area contributed by atoms with E-state index in [1.54, 1.807) is 18.3 Å². The zero-order valence-corrected chi connectivity index (χ0v) is 14.2. The van der Waals surface area contributed by atoms with Gasteiger partial charge in [-0.1, -0.05) is 30.3 Å². The first-order chi connectivity index (χ1) is 12.8. The van der Waals surface area contributed by atoms with Gasteiger partial charge < -0.3 is 20.1 Å². The van der Waals surface area contributed by atoms with E-state index in [1.165, 1.54) is 6.33 Å². The lowest BCUT2D eigenvalue weighted by Gasteiger charge is -2.29. The van der Waals surface area contributed by atoms with Crippen molar-refractivity contribution in [2.45, 2.75) is 25.0 Å². The molecule has 3 N–H and O–H groups in total. The molecule has 7 nitrogen and oxygen atoms in total. The van der Waals surface area contributed by atoms with Crippen molar-refractivity contribution in [1.82, 2.24) is 15.0 Å². The topological polar surface area (TPSA) is 100 Å². The number of ether oxygens (including phenoxy) is 1. The lowest BCUT2D eigenvalue weighted by Crippen LogP contribution is -2.36. The molecule has 2 atom stereocenters. The Morgan fingerprint density at radius 3 is 2.85 bits per heavy atom. The molecule has 1 aliphatic heterocycles. The Morgan fingerprint density at radius 2 is 2.12 bits per heavy atom. The molecule has 0 unspecified atom stereocenters. The lowest BCUT2D eigenvalue weighted by atomic mass is 10.0. The Hall–Kier alpha value is -2.77. The summed E-state index contributed by atoms with van der Waals surface area (Å²) in [5, 5.41) is 13.2. The van der Waals surface area contributed by atoms with E-state index in [4.69, 9.17) is 4.74 Å². The SMILES string of the molecule is O=C(c1ccccc1)c1c[nH]c2ncnc(N[C@@H]3CC[C@@H](CO)OC3)c12. The maximum Gasteiger partial charge on any atom is 0.195 e. The van der Waals surface area contributed by atoms with Gasteiger partial charge in [0.1, 0.15) is 17.8 Å². The summed E-state index contributed by atoms with van der Waals surface area (Å²) in [7, 11) is 0. The number of carbonyl (C=O) groups excluding carboxylic acids is 1. The molecule has 0 bridgehead atoms. The molecule has 1 fully saturated rings. The molecule has 3 aromatic rings. The molecular formula is C19H20N4O3. The maximum absolute atomic E-state index is 12.9. The summed E-state index contributed by atoms with van der Waals surface area (Å²) < 4.78 is 5.62. The highest BCUT2D eigenvalue weighted by Crippen LogP contribution is 2.27. The number of carbonyl (C=O) groups is 1. The number of nitrogens with zero attached hydrogens (tertiary/aromatic N) is 2. The molecule has 0 saturated carbocycles. The molecule has 7 heteroatoms. The highest BCUT2D eigenvalue weighted by Gasteiger charge is 2.24. The first kappa shape index (κ1) is 16.7. The summed E-state index contributed by atoms with van der Waals surface area (Å²) in [5.41, 5.74) is 1.78. The molecule has 134 valence electrons. The summed E-state index contributed by atoms with van der Waals surface area (Å²) in [6.45, 7) is 0.529. The number of fused-ring (bicyclic) bond motifs is 1. The summed E-state index contributed by atoms with van der Waals surface area (Å²) in [5.74, 6) is 0.543. The molecule has 0 radical (unpaired) electrons. The fourth-order valence-corrected chi connectivity index (χ4v) is 3.25. The average molecular weight is 352 g/mol. The second kappa shape index (κ2) is 7.23. The Labute approximate surface area is 150 Å². The third-order valence-electron chi connectivity index (χ3n) is 4.67. The van der Waals surface area contributed by atoms with Crippen LogP contribution in [0.15, 0.2) is 42.9 Å². The Balaban J connectivity index is 1.64. The number of benzene rings is 1. The summed E-state index contributed by atoms with van der Waals surface area (Å²) in [6, 6.07) is 9.23. The molecule has 0 aliphatic carbocycles. The van der Waals surface area contributed by atoms with E-state index in [9.17, 15) is 9.90 Å². The normalized spacial score (nSPS) is 20.2. The zero-order chi connectivity index (χ0) is 17.9. The summed E-state index contributed by atoms with van der Waals surface area (Å²) in [6.07, 6.45) is 4.70. The summed E-state index contributed by atoms with van der Waals surface area (Å²) >= 11 is 0. The molecule has 1 aliphatic rings. The molecule has 0 amide bonds. The lowest BCUT2D eigenvalue weighted by molar-refractivity contribution is -0.0224. The Morgan fingerprint density at radius 1 is 1.27 bits per heavy atom. The van der Waals surface area contributed by atoms with Gasteiger partial charge in [-0.3, -0.25) is 4.79 Å². The molecule has 4 rings (SSSR count). The molecule has 2 aromatic heterocycles. The third-order valence-corrected chi connectivity index (χ3v) is 4.67. The van der Waals surface area contributed by atoms with Gasteiger partial charge in [0.2, 0.25) is 0 Å². The largest absolute Gasteiger partial charge is 0.394 e. The molecule has 3 heterocycles. The van der Waals surface area contributed by atoms with E-state index < -0.39 is 0 Å². The van der Waals surface area contributed by atoms with Crippen molar-refractivity contribution >= 4 is 22.6 Å². The summed E-state index contributed by atoms with van der Waals surface area (Å²) in [4.78, 5) is 24.5. The van der Waals surface area contributed by atoms with Crippen molar-refractivity contribution in [3.05, 3.63) is 54.0 Å². The molecule has 0 spiro atoms. The van der Waals surface area contributed by atoms with Gasteiger partial charge in [-0.15, -0.1) is 0 Å². The number of anilines is 1. The molecule has 26 heavy (non-hydrogen) atoms. The van der Waals surface area contributed by atoms with Crippen LogP contribution < -0.4 is 5.32 Å². The second-order valence-corrected chi connectivity index (χ2v) is 6.40.